The van der Waals surface area contributed by atoms with Crippen molar-refractivity contribution < 1.29 is 9.90 Å². The van der Waals surface area contributed by atoms with Gasteiger partial charge in [-0.05, 0) is 83.1 Å². The first-order valence-corrected chi connectivity index (χ1v) is 15.4. The molecule has 1 aromatic heterocycles. The number of aromatic nitrogens is 2. The molecule has 2 heterocycles. The summed E-state index contributed by atoms with van der Waals surface area (Å²) in [5, 5.41) is 13.0. The topological polar surface area (TPSA) is 81.6 Å². The fourth-order valence-electron chi connectivity index (χ4n) is 6.50. The Bertz CT molecular complexity index is 924. The first kappa shape index (κ1) is 27.8. The largest absolute Gasteiger partial charge is 0.393 e. The molecule has 4 aliphatic rings. The van der Waals surface area contributed by atoms with Crippen molar-refractivity contribution in [1.82, 2.24) is 20.2 Å². The van der Waals surface area contributed by atoms with E-state index in [0.29, 0.717) is 6.04 Å². The molecule has 0 atom stereocenters. The summed E-state index contributed by atoms with van der Waals surface area (Å²) in [6, 6.07) is 2.62. The van der Waals surface area contributed by atoms with E-state index in [1.54, 1.807) is 0 Å². The van der Waals surface area contributed by atoms with Gasteiger partial charge in [0.05, 0.1) is 11.8 Å². The molecule has 38 heavy (non-hydrogen) atoms. The van der Waals surface area contributed by atoms with Crippen molar-refractivity contribution >= 4 is 11.7 Å². The predicted octanol–water partition coefficient (Wildman–Crippen LogP) is 4.56. The Labute approximate surface area is 230 Å². The fraction of sp³-hybridized carbons (Fsp3) is 0.839. The number of hydrogen-bond acceptors (Lipinski definition) is 6. The third-order valence-electron chi connectivity index (χ3n) is 9.81. The maximum Gasteiger partial charge on any atom is 0.223 e. The lowest BCUT2D eigenvalue weighted by atomic mass is 9.83. The average molecular weight is 526 g/mol. The standard InChI is InChI=1S/C31H51N5O2/c1-30(2,3)29-33-26(31(4)14-15-31)21-27(34-29)36-19-17-35(18-20-36)16-13-22-5-9-24(10-6-22)32-28(38)23-7-11-25(37)12-8-23/h21-25,37H,5-20H2,1-4H3,(H,32,38). The Morgan fingerprint density at radius 2 is 1.66 bits per heavy atom. The van der Waals surface area contributed by atoms with E-state index in [9.17, 15) is 9.90 Å². The summed E-state index contributed by atoms with van der Waals surface area (Å²) in [6.07, 6.45) is 11.5. The zero-order valence-electron chi connectivity index (χ0n) is 24.3. The number of nitrogens with one attached hydrogen (secondary N) is 1. The van der Waals surface area contributed by atoms with Gasteiger partial charge in [-0.15, -0.1) is 0 Å². The summed E-state index contributed by atoms with van der Waals surface area (Å²) in [5.74, 6) is 3.22. The van der Waals surface area contributed by atoms with E-state index >= 15 is 0 Å². The molecule has 2 N–H and O–H groups in total. The predicted molar refractivity (Wildman–Crippen MR) is 152 cm³/mol. The number of rotatable bonds is 7. The van der Waals surface area contributed by atoms with Crippen LogP contribution in [0.5, 0.6) is 0 Å². The van der Waals surface area contributed by atoms with Crippen LogP contribution in [0, 0.1) is 11.8 Å². The third kappa shape index (κ3) is 6.88. The van der Waals surface area contributed by atoms with E-state index in [4.69, 9.17) is 9.97 Å². The number of aliphatic hydroxyl groups is 1. The van der Waals surface area contributed by atoms with Crippen molar-refractivity contribution in [2.45, 2.75) is 121 Å². The van der Waals surface area contributed by atoms with Gasteiger partial charge in [-0.25, -0.2) is 9.97 Å². The molecule has 1 saturated heterocycles. The van der Waals surface area contributed by atoms with Crippen LogP contribution in [0.1, 0.15) is 110 Å². The molecule has 1 aliphatic heterocycles. The molecule has 0 bridgehead atoms. The van der Waals surface area contributed by atoms with Crippen LogP contribution in [0.2, 0.25) is 0 Å². The van der Waals surface area contributed by atoms with Gasteiger partial charge >= 0.3 is 0 Å². The number of amides is 1. The lowest BCUT2D eigenvalue weighted by Crippen LogP contribution is -2.47. The second-order valence-corrected chi connectivity index (χ2v) is 14.1. The molecule has 0 radical (unpaired) electrons. The lowest BCUT2D eigenvalue weighted by Gasteiger charge is -2.37. The molecule has 1 aromatic rings. The van der Waals surface area contributed by atoms with Crippen LogP contribution in [0.3, 0.4) is 0 Å². The van der Waals surface area contributed by atoms with E-state index in [0.717, 1.165) is 82.3 Å². The molecule has 3 saturated carbocycles. The quantitative estimate of drug-likeness (QED) is 0.543. The minimum absolute atomic E-state index is 0.0426. The van der Waals surface area contributed by atoms with Crippen LogP contribution in [0.4, 0.5) is 5.82 Å². The molecule has 5 rings (SSSR count). The second-order valence-electron chi connectivity index (χ2n) is 14.1. The maximum atomic E-state index is 12.6. The Hall–Kier alpha value is -1.73. The summed E-state index contributed by atoms with van der Waals surface area (Å²) in [6.45, 7) is 14.4. The van der Waals surface area contributed by atoms with Crippen molar-refractivity contribution in [3.63, 3.8) is 0 Å². The van der Waals surface area contributed by atoms with Gasteiger partial charge in [-0.2, -0.15) is 0 Å². The lowest BCUT2D eigenvalue weighted by molar-refractivity contribution is -0.127. The normalized spacial score (nSPS) is 30.2. The van der Waals surface area contributed by atoms with Gasteiger partial charge in [0.1, 0.15) is 11.6 Å². The Balaban J connectivity index is 1.04. The first-order chi connectivity index (χ1) is 18.1. The number of carbonyl (C=O) groups is 1. The molecule has 1 amide bonds. The minimum Gasteiger partial charge on any atom is -0.393 e. The Morgan fingerprint density at radius 3 is 2.26 bits per heavy atom. The Morgan fingerprint density at radius 1 is 1.00 bits per heavy atom. The van der Waals surface area contributed by atoms with Crippen LogP contribution in [-0.4, -0.2) is 70.8 Å². The van der Waals surface area contributed by atoms with Gasteiger partial charge in [-0.3, -0.25) is 9.69 Å². The number of aliphatic hydroxyl groups excluding tert-OH is 1. The van der Waals surface area contributed by atoms with Gasteiger partial charge in [0, 0.05) is 55.0 Å². The zero-order valence-corrected chi connectivity index (χ0v) is 24.3. The van der Waals surface area contributed by atoms with Crippen molar-refractivity contribution in [2.24, 2.45) is 11.8 Å². The second kappa shape index (κ2) is 11.4. The summed E-state index contributed by atoms with van der Waals surface area (Å²) in [7, 11) is 0. The SMILES string of the molecule is CC(C)(C)c1nc(N2CCN(CCC3CCC(NC(=O)C4CCC(O)CC4)CC3)CC2)cc(C2(C)CC2)n1. The van der Waals surface area contributed by atoms with E-state index in [1.165, 1.54) is 44.3 Å². The molecule has 4 fully saturated rings. The van der Waals surface area contributed by atoms with Crippen LogP contribution < -0.4 is 10.2 Å². The summed E-state index contributed by atoms with van der Waals surface area (Å²) in [4.78, 5) is 27.8. The van der Waals surface area contributed by atoms with Crippen molar-refractivity contribution in [3.8, 4) is 0 Å². The average Bonchev–Trinajstić information content (AvgIpc) is 3.66. The molecule has 7 nitrogen and oxygen atoms in total. The third-order valence-corrected chi connectivity index (χ3v) is 9.81. The van der Waals surface area contributed by atoms with Crippen LogP contribution >= 0.6 is 0 Å². The molecule has 0 spiro atoms. The smallest absolute Gasteiger partial charge is 0.223 e. The van der Waals surface area contributed by atoms with Crippen LogP contribution in [-0.2, 0) is 15.6 Å². The monoisotopic (exact) mass is 525 g/mol. The van der Waals surface area contributed by atoms with E-state index in [1.807, 2.05) is 0 Å². The van der Waals surface area contributed by atoms with Crippen molar-refractivity contribution in [1.29, 1.82) is 0 Å². The molecule has 7 heteroatoms. The molecule has 0 unspecified atom stereocenters. The molecular formula is C31H51N5O2. The molecular weight excluding hydrogens is 474 g/mol. The molecule has 0 aromatic carbocycles. The van der Waals surface area contributed by atoms with Gasteiger partial charge in [-0.1, -0.05) is 27.7 Å². The van der Waals surface area contributed by atoms with Crippen LogP contribution in [0.15, 0.2) is 6.07 Å². The van der Waals surface area contributed by atoms with E-state index in [-0.39, 0.29) is 28.8 Å². The molecule has 212 valence electrons. The van der Waals surface area contributed by atoms with Crippen molar-refractivity contribution in [3.05, 3.63) is 17.6 Å². The van der Waals surface area contributed by atoms with E-state index in [2.05, 4.69) is 48.9 Å². The highest BCUT2D eigenvalue weighted by Gasteiger charge is 2.42. The summed E-state index contributed by atoms with van der Waals surface area (Å²) in [5.41, 5.74) is 1.44. The molecule has 3 aliphatic carbocycles. The number of hydrogen-bond donors (Lipinski definition) is 2. The van der Waals surface area contributed by atoms with Crippen LogP contribution in [0.25, 0.3) is 0 Å². The zero-order chi connectivity index (χ0) is 26.9. The van der Waals surface area contributed by atoms with E-state index < -0.39 is 0 Å². The number of anilines is 1. The number of carbonyl (C=O) groups excluding carboxylic acids is 1. The highest BCUT2D eigenvalue weighted by molar-refractivity contribution is 5.79. The first-order valence-electron chi connectivity index (χ1n) is 15.4. The highest BCUT2D eigenvalue weighted by atomic mass is 16.3. The maximum absolute atomic E-state index is 12.6. The van der Waals surface area contributed by atoms with Gasteiger partial charge in [0.25, 0.3) is 0 Å². The summed E-state index contributed by atoms with van der Waals surface area (Å²) >= 11 is 0. The van der Waals surface area contributed by atoms with Gasteiger partial charge in [0.2, 0.25) is 5.91 Å². The fourth-order valence-corrected chi connectivity index (χ4v) is 6.50. The van der Waals surface area contributed by atoms with Gasteiger partial charge in [0.15, 0.2) is 0 Å². The number of piperazine rings is 1. The highest BCUT2D eigenvalue weighted by Crippen LogP contribution is 2.47. The minimum atomic E-state index is -0.199. The van der Waals surface area contributed by atoms with Crippen molar-refractivity contribution in [2.75, 3.05) is 37.6 Å². The van der Waals surface area contributed by atoms with Gasteiger partial charge < -0.3 is 15.3 Å². The summed E-state index contributed by atoms with van der Waals surface area (Å²) < 4.78 is 0. The Kier molecular flexibility index (Phi) is 8.35. The number of nitrogens with zero attached hydrogens (tertiary/aromatic N) is 4.